The van der Waals surface area contributed by atoms with E-state index in [0.29, 0.717) is 0 Å². The summed E-state index contributed by atoms with van der Waals surface area (Å²) in [6.45, 7) is 0. The highest BCUT2D eigenvalue weighted by Gasteiger charge is 2.10. The zero-order chi connectivity index (χ0) is 12.8. The summed E-state index contributed by atoms with van der Waals surface area (Å²) < 4.78 is 2.16. The van der Waals surface area contributed by atoms with E-state index in [2.05, 4.69) is 64.2 Å². The molecule has 0 unspecified atom stereocenters. The second-order valence-corrected chi connectivity index (χ2v) is 4.80. The summed E-state index contributed by atoms with van der Waals surface area (Å²) in [5.41, 5.74) is 4.51. The third-order valence-corrected chi connectivity index (χ3v) is 3.58. The number of fused-ring (bicyclic) bond motifs is 2. The molecule has 0 saturated carbocycles. The summed E-state index contributed by atoms with van der Waals surface area (Å²) in [6.07, 6.45) is 3.97. The molecule has 0 atom stereocenters. The summed E-state index contributed by atoms with van der Waals surface area (Å²) in [5, 5.41) is 2.40. The quantitative estimate of drug-likeness (QED) is 0.546. The van der Waals surface area contributed by atoms with E-state index in [1.54, 1.807) is 0 Å². The van der Waals surface area contributed by atoms with Crippen molar-refractivity contribution >= 4 is 21.9 Å². The van der Waals surface area contributed by atoms with E-state index >= 15 is 0 Å². The number of para-hydroxylation sites is 1. The molecule has 0 aliphatic heterocycles. The van der Waals surface area contributed by atoms with E-state index in [1.807, 2.05) is 12.3 Å². The molecule has 0 aliphatic carbocycles. The molecule has 0 fully saturated rings. The minimum absolute atomic E-state index is 0.936. The minimum Gasteiger partial charge on any atom is -0.350 e. The van der Waals surface area contributed by atoms with E-state index < -0.39 is 0 Å². The van der Waals surface area contributed by atoms with Crippen LogP contribution in [0.2, 0.25) is 0 Å². The number of aryl methyl sites for hydroxylation is 1. The van der Waals surface area contributed by atoms with Crippen LogP contribution in [0.15, 0.2) is 54.9 Å². The molecule has 4 aromatic rings. The average Bonchev–Trinajstić information content (AvgIpc) is 3.01. The van der Waals surface area contributed by atoms with Gasteiger partial charge in [-0.3, -0.25) is 0 Å². The van der Waals surface area contributed by atoms with Crippen molar-refractivity contribution in [1.82, 2.24) is 14.5 Å². The zero-order valence-corrected chi connectivity index (χ0v) is 10.6. The van der Waals surface area contributed by atoms with Crippen molar-refractivity contribution in [2.75, 3.05) is 0 Å². The summed E-state index contributed by atoms with van der Waals surface area (Å²) in [7, 11) is 2.08. The Kier molecular flexibility index (Phi) is 2.03. The molecule has 1 aromatic carbocycles. The van der Waals surface area contributed by atoms with Gasteiger partial charge in [-0.05, 0) is 24.3 Å². The molecule has 0 spiro atoms. The molecule has 3 nitrogen and oxygen atoms in total. The Balaban J connectivity index is 2.04. The topological polar surface area (TPSA) is 33.6 Å². The first kappa shape index (κ1) is 10.4. The fourth-order valence-corrected chi connectivity index (χ4v) is 2.66. The van der Waals surface area contributed by atoms with Gasteiger partial charge in [0.15, 0.2) is 0 Å². The van der Waals surface area contributed by atoms with Crippen LogP contribution in [0, 0.1) is 0 Å². The van der Waals surface area contributed by atoms with Gasteiger partial charge in [-0.2, -0.15) is 0 Å². The number of hydrogen-bond donors (Lipinski definition) is 1. The predicted molar refractivity (Wildman–Crippen MR) is 78.0 cm³/mol. The second kappa shape index (κ2) is 3.72. The molecule has 4 rings (SSSR count). The molecule has 92 valence electrons. The number of aromatic nitrogens is 3. The van der Waals surface area contributed by atoms with Crippen LogP contribution >= 0.6 is 0 Å². The van der Waals surface area contributed by atoms with Crippen LogP contribution < -0.4 is 0 Å². The summed E-state index contributed by atoms with van der Waals surface area (Å²) >= 11 is 0. The number of H-pyrrole nitrogens is 1. The van der Waals surface area contributed by atoms with Gasteiger partial charge in [-0.25, -0.2) is 4.98 Å². The molecule has 0 bridgehead atoms. The Morgan fingerprint density at radius 1 is 1.11 bits per heavy atom. The Bertz CT molecular complexity index is 850. The minimum atomic E-state index is 0.936. The van der Waals surface area contributed by atoms with E-state index in [4.69, 9.17) is 0 Å². The summed E-state index contributed by atoms with van der Waals surface area (Å²) in [4.78, 5) is 7.74. The number of nitrogens with zero attached hydrogens (tertiary/aromatic N) is 2. The van der Waals surface area contributed by atoms with Gasteiger partial charge >= 0.3 is 0 Å². The lowest BCUT2D eigenvalue weighted by atomic mass is 10.1. The van der Waals surface area contributed by atoms with Gasteiger partial charge in [0.05, 0.1) is 0 Å². The molecular formula is C16H13N3. The fraction of sp³-hybridized carbons (Fsp3) is 0.0625. The van der Waals surface area contributed by atoms with Crippen LogP contribution in [0.4, 0.5) is 0 Å². The Labute approximate surface area is 110 Å². The van der Waals surface area contributed by atoms with Crippen molar-refractivity contribution in [3.63, 3.8) is 0 Å². The molecule has 0 radical (unpaired) electrons. The normalized spacial score (nSPS) is 11.4. The Hall–Kier alpha value is -2.55. The van der Waals surface area contributed by atoms with E-state index in [0.717, 1.165) is 16.7 Å². The molecule has 3 aromatic heterocycles. The second-order valence-electron chi connectivity index (χ2n) is 4.80. The predicted octanol–water partition coefficient (Wildman–Crippen LogP) is 3.72. The maximum Gasteiger partial charge on any atom is 0.137 e. The highest BCUT2D eigenvalue weighted by Crippen LogP contribution is 2.31. The third-order valence-electron chi connectivity index (χ3n) is 3.58. The lowest BCUT2D eigenvalue weighted by Gasteiger charge is -1.94. The lowest BCUT2D eigenvalue weighted by molar-refractivity contribution is 0.970. The highest BCUT2D eigenvalue weighted by atomic mass is 14.9. The van der Waals surface area contributed by atoms with Gasteiger partial charge in [0.25, 0.3) is 0 Å². The van der Waals surface area contributed by atoms with Crippen molar-refractivity contribution in [1.29, 1.82) is 0 Å². The van der Waals surface area contributed by atoms with Gasteiger partial charge in [-0.1, -0.05) is 18.2 Å². The number of nitrogens with one attached hydrogen (secondary N) is 1. The summed E-state index contributed by atoms with van der Waals surface area (Å²) in [5.74, 6) is 0. The molecule has 3 heterocycles. The number of hydrogen-bond acceptors (Lipinski definition) is 1. The monoisotopic (exact) mass is 247 g/mol. The third kappa shape index (κ3) is 1.48. The van der Waals surface area contributed by atoms with Crippen LogP contribution in [-0.4, -0.2) is 14.5 Å². The molecule has 3 heteroatoms. The van der Waals surface area contributed by atoms with Gasteiger partial charge in [-0.15, -0.1) is 0 Å². The smallest absolute Gasteiger partial charge is 0.137 e. The van der Waals surface area contributed by atoms with Crippen LogP contribution in [0.25, 0.3) is 33.2 Å². The van der Waals surface area contributed by atoms with E-state index in [1.165, 1.54) is 16.5 Å². The van der Waals surface area contributed by atoms with Crippen molar-refractivity contribution in [2.24, 2.45) is 7.05 Å². The number of rotatable bonds is 1. The summed E-state index contributed by atoms with van der Waals surface area (Å²) in [6, 6.07) is 14.6. The van der Waals surface area contributed by atoms with Crippen molar-refractivity contribution in [3.8, 4) is 11.3 Å². The zero-order valence-electron chi connectivity index (χ0n) is 10.6. The molecule has 0 saturated heterocycles. The standard InChI is InChI=1S/C16H13N3/c1-19-10-13(12-6-2-3-7-15(12)19)14-9-11-5-4-8-17-16(11)18-14/h2-10H,1H3,(H,17,18). The first-order chi connectivity index (χ1) is 9.33. The van der Waals surface area contributed by atoms with Gasteiger partial charge in [0.2, 0.25) is 0 Å². The van der Waals surface area contributed by atoms with Gasteiger partial charge in [0.1, 0.15) is 5.65 Å². The first-order valence-electron chi connectivity index (χ1n) is 6.31. The largest absolute Gasteiger partial charge is 0.350 e. The Morgan fingerprint density at radius 3 is 2.89 bits per heavy atom. The molecular weight excluding hydrogens is 234 g/mol. The molecule has 1 N–H and O–H groups in total. The van der Waals surface area contributed by atoms with E-state index in [9.17, 15) is 0 Å². The molecule has 19 heavy (non-hydrogen) atoms. The maximum atomic E-state index is 4.35. The average molecular weight is 247 g/mol. The molecule has 0 amide bonds. The lowest BCUT2D eigenvalue weighted by Crippen LogP contribution is -1.81. The SMILES string of the molecule is Cn1cc(-c2cc3cccnc3[nH]2)c2ccccc21. The molecule has 0 aliphatic rings. The van der Waals surface area contributed by atoms with Crippen LogP contribution in [-0.2, 0) is 7.05 Å². The maximum absolute atomic E-state index is 4.35. The van der Waals surface area contributed by atoms with Crippen molar-refractivity contribution in [3.05, 3.63) is 54.9 Å². The first-order valence-corrected chi connectivity index (χ1v) is 6.31. The van der Waals surface area contributed by atoms with Gasteiger partial charge < -0.3 is 9.55 Å². The van der Waals surface area contributed by atoms with Crippen LogP contribution in [0.3, 0.4) is 0 Å². The van der Waals surface area contributed by atoms with Crippen LogP contribution in [0.5, 0.6) is 0 Å². The van der Waals surface area contributed by atoms with E-state index in [-0.39, 0.29) is 0 Å². The fourth-order valence-electron chi connectivity index (χ4n) is 2.66. The van der Waals surface area contributed by atoms with Gasteiger partial charge in [0, 0.05) is 47.0 Å². The van der Waals surface area contributed by atoms with Crippen molar-refractivity contribution < 1.29 is 0 Å². The number of pyridine rings is 1. The number of benzene rings is 1. The van der Waals surface area contributed by atoms with Crippen LogP contribution in [0.1, 0.15) is 0 Å². The Morgan fingerprint density at radius 2 is 2.00 bits per heavy atom. The highest BCUT2D eigenvalue weighted by molar-refractivity contribution is 5.97. The number of aromatic amines is 1. The van der Waals surface area contributed by atoms with Crippen molar-refractivity contribution in [2.45, 2.75) is 0 Å².